The van der Waals surface area contributed by atoms with Crippen LogP contribution in [0, 0.1) is 30.9 Å². The van der Waals surface area contributed by atoms with Crippen molar-refractivity contribution in [2.75, 3.05) is 19.7 Å². The van der Waals surface area contributed by atoms with Gasteiger partial charge in [-0.3, -0.25) is 0 Å². The van der Waals surface area contributed by atoms with Gasteiger partial charge in [-0.2, -0.15) is 0 Å². The molecule has 2 aromatic rings. The van der Waals surface area contributed by atoms with Crippen molar-refractivity contribution >= 4 is 0 Å². The molecule has 2 nitrogen and oxygen atoms in total. The zero-order valence-electron chi connectivity index (χ0n) is 17.7. The van der Waals surface area contributed by atoms with Crippen molar-refractivity contribution < 1.29 is 13.5 Å². The van der Waals surface area contributed by atoms with E-state index in [1.807, 2.05) is 0 Å². The Labute approximate surface area is 168 Å². The molecule has 4 heteroatoms. The molecule has 0 bridgehead atoms. The fourth-order valence-corrected chi connectivity index (χ4v) is 3.40. The highest BCUT2D eigenvalue weighted by molar-refractivity contribution is 5.35. The lowest BCUT2D eigenvalue weighted by atomic mass is 9.95. The number of nitrogens with one attached hydrogen (secondary N) is 1. The van der Waals surface area contributed by atoms with Crippen LogP contribution in [0.1, 0.15) is 55.5 Å². The van der Waals surface area contributed by atoms with E-state index < -0.39 is 11.6 Å². The predicted octanol–water partition coefficient (Wildman–Crippen LogP) is 5.91. The Morgan fingerprint density at radius 2 is 1.54 bits per heavy atom. The van der Waals surface area contributed by atoms with Gasteiger partial charge in [0.15, 0.2) is 0 Å². The number of halogens is 2. The summed E-state index contributed by atoms with van der Waals surface area (Å²) < 4.78 is 33.8. The molecule has 0 fully saturated rings. The molecular formula is C24H33F2NO. The van der Waals surface area contributed by atoms with Crippen LogP contribution in [0.4, 0.5) is 8.78 Å². The molecule has 0 aliphatic rings. The largest absolute Gasteiger partial charge is 0.372 e. The van der Waals surface area contributed by atoms with Crippen LogP contribution in [0.25, 0.3) is 0 Å². The molecule has 28 heavy (non-hydrogen) atoms. The van der Waals surface area contributed by atoms with E-state index in [4.69, 9.17) is 4.74 Å². The molecule has 0 aromatic heterocycles. The van der Waals surface area contributed by atoms with E-state index in [9.17, 15) is 8.78 Å². The molecule has 1 unspecified atom stereocenters. The van der Waals surface area contributed by atoms with Gasteiger partial charge in [-0.25, -0.2) is 8.78 Å². The lowest BCUT2D eigenvalue weighted by Crippen LogP contribution is -2.32. The molecule has 1 atom stereocenters. The van der Waals surface area contributed by atoms with Gasteiger partial charge >= 0.3 is 0 Å². The molecular weight excluding hydrogens is 356 g/mol. The van der Waals surface area contributed by atoms with Gasteiger partial charge in [-0.15, -0.1) is 0 Å². The van der Waals surface area contributed by atoms with Crippen LogP contribution in [-0.2, 0) is 11.2 Å². The van der Waals surface area contributed by atoms with Crippen molar-refractivity contribution in [3.8, 4) is 0 Å². The molecule has 0 aliphatic carbocycles. The summed E-state index contributed by atoms with van der Waals surface area (Å²) in [5, 5.41) is 3.51. The normalized spacial score (nSPS) is 13.0. The van der Waals surface area contributed by atoms with Gasteiger partial charge in [0, 0.05) is 25.3 Å². The van der Waals surface area contributed by atoms with Crippen LogP contribution in [0.5, 0.6) is 0 Å². The minimum Gasteiger partial charge on any atom is -0.372 e. The Bertz CT molecular complexity index is 727. The number of hydrogen-bond donors (Lipinski definition) is 1. The first-order valence-electron chi connectivity index (χ1n) is 10.0. The molecule has 0 saturated carbocycles. The third-order valence-corrected chi connectivity index (χ3v) is 4.80. The lowest BCUT2D eigenvalue weighted by molar-refractivity contribution is 0.0487. The van der Waals surface area contributed by atoms with E-state index >= 15 is 0 Å². The number of benzene rings is 2. The molecule has 154 valence electrons. The number of ether oxygens (including phenoxy) is 1. The zero-order chi connectivity index (χ0) is 20.7. The summed E-state index contributed by atoms with van der Waals surface area (Å²) in [6.45, 7) is 12.8. The summed E-state index contributed by atoms with van der Waals surface area (Å²) in [7, 11) is 0. The maximum atomic E-state index is 13.8. The van der Waals surface area contributed by atoms with Gasteiger partial charge in [0.1, 0.15) is 11.6 Å². The Balaban J connectivity index is 2.01. The summed E-state index contributed by atoms with van der Waals surface area (Å²) >= 11 is 0. The highest BCUT2D eigenvalue weighted by Crippen LogP contribution is 2.25. The van der Waals surface area contributed by atoms with Crippen molar-refractivity contribution in [2.24, 2.45) is 5.41 Å². The minimum absolute atomic E-state index is 0.0889. The second kappa shape index (κ2) is 10.1. The van der Waals surface area contributed by atoms with Gasteiger partial charge in [-0.1, -0.05) is 45.0 Å². The first kappa shape index (κ1) is 22.5. The lowest BCUT2D eigenvalue weighted by Gasteiger charge is -2.25. The van der Waals surface area contributed by atoms with Crippen LogP contribution in [0.2, 0.25) is 0 Å². The molecule has 0 aliphatic heterocycles. The molecule has 0 spiro atoms. The summed E-state index contributed by atoms with van der Waals surface area (Å²) in [6, 6.07) is 10.2. The van der Waals surface area contributed by atoms with E-state index in [0.29, 0.717) is 26.0 Å². The average Bonchev–Trinajstić information content (AvgIpc) is 2.59. The van der Waals surface area contributed by atoms with Gasteiger partial charge in [0.25, 0.3) is 0 Å². The van der Waals surface area contributed by atoms with Crippen molar-refractivity contribution in [2.45, 2.75) is 53.6 Å². The molecule has 1 N–H and O–H groups in total. The quantitative estimate of drug-likeness (QED) is 0.539. The van der Waals surface area contributed by atoms with Gasteiger partial charge < -0.3 is 10.1 Å². The molecule has 0 saturated heterocycles. The summed E-state index contributed by atoms with van der Waals surface area (Å²) in [4.78, 5) is 0. The highest BCUT2D eigenvalue weighted by Gasteiger charge is 2.18. The van der Waals surface area contributed by atoms with E-state index in [-0.39, 0.29) is 17.1 Å². The summed E-state index contributed by atoms with van der Waals surface area (Å²) in [5.41, 5.74) is 3.92. The highest BCUT2D eigenvalue weighted by atomic mass is 19.1. The third-order valence-electron chi connectivity index (χ3n) is 4.80. The Kier molecular flexibility index (Phi) is 8.14. The van der Waals surface area contributed by atoms with Crippen LogP contribution in [0.15, 0.2) is 36.4 Å². The molecule has 2 aromatic carbocycles. The number of aryl methyl sites for hydroxylation is 2. The average molecular weight is 390 g/mol. The molecule has 2 rings (SSSR count). The first-order valence-corrected chi connectivity index (χ1v) is 10.0. The van der Waals surface area contributed by atoms with Crippen LogP contribution in [-0.4, -0.2) is 19.7 Å². The minimum atomic E-state index is -0.488. The second-order valence-electron chi connectivity index (χ2n) is 8.66. The second-order valence-corrected chi connectivity index (χ2v) is 8.66. The molecule has 0 heterocycles. The van der Waals surface area contributed by atoms with E-state index in [1.165, 1.54) is 34.9 Å². The Morgan fingerprint density at radius 3 is 2.11 bits per heavy atom. The standard InChI is InChI=1S/C24H33F2NO/c1-17-9-6-10-18(2)23(17)22(15-27-16-24(3,4)5)28-14-8-11-19-20(25)12-7-13-21(19)26/h6-7,9-10,12-13,22,27H,8,11,14-16H2,1-5H3. The van der Waals surface area contributed by atoms with Crippen molar-refractivity contribution in [1.29, 1.82) is 0 Å². The maximum Gasteiger partial charge on any atom is 0.129 e. The summed E-state index contributed by atoms with van der Waals surface area (Å²) in [6.07, 6.45) is 0.806. The van der Waals surface area contributed by atoms with E-state index in [0.717, 1.165) is 6.54 Å². The van der Waals surface area contributed by atoms with Gasteiger partial charge in [0.05, 0.1) is 6.10 Å². The van der Waals surface area contributed by atoms with Crippen LogP contribution in [0.3, 0.4) is 0 Å². The molecule has 0 amide bonds. The fourth-order valence-electron chi connectivity index (χ4n) is 3.40. The van der Waals surface area contributed by atoms with E-state index in [1.54, 1.807) is 0 Å². The van der Waals surface area contributed by atoms with Crippen molar-refractivity contribution in [3.63, 3.8) is 0 Å². The van der Waals surface area contributed by atoms with Gasteiger partial charge in [-0.05, 0) is 60.9 Å². The smallest absolute Gasteiger partial charge is 0.129 e. The Hall–Kier alpha value is -1.78. The van der Waals surface area contributed by atoms with Crippen LogP contribution >= 0.6 is 0 Å². The maximum absolute atomic E-state index is 13.8. The predicted molar refractivity (Wildman–Crippen MR) is 112 cm³/mol. The number of hydrogen-bond acceptors (Lipinski definition) is 2. The Morgan fingerprint density at radius 1 is 0.964 bits per heavy atom. The topological polar surface area (TPSA) is 21.3 Å². The summed E-state index contributed by atoms with van der Waals surface area (Å²) in [5.74, 6) is -0.976. The number of rotatable bonds is 9. The van der Waals surface area contributed by atoms with E-state index in [2.05, 4.69) is 58.1 Å². The molecule has 0 radical (unpaired) electrons. The van der Waals surface area contributed by atoms with Crippen molar-refractivity contribution in [1.82, 2.24) is 5.32 Å². The van der Waals surface area contributed by atoms with Crippen LogP contribution < -0.4 is 5.32 Å². The fraction of sp³-hybridized carbons (Fsp3) is 0.500. The SMILES string of the molecule is Cc1cccc(C)c1C(CNCC(C)(C)C)OCCCc1c(F)cccc1F. The first-order chi connectivity index (χ1) is 13.2. The third kappa shape index (κ3) is 6.68. The van der Waals surface area contributed by atoms with Crippen molar-refractivity contribution in [3.05, 3.63) is 70.3 Å². The monoisotopic (exact) mass is 389 g/mol. The zero-order valence-corrected chi connectivity index (χ0v) is 17.7. The van der Waals surface area contributed by atoms with Gasteiger partial charge in [0.2, 0.25) is 0 Å².